The first-order valence-corrected chi connectivity index (χ1v) is 26.9. The van der Waals surface area contributed by atoms with Crippen LogP contribution in [0.3, 0.4) is 0 Å². The van der Waals surface area contributed by atoms with Gasteiger partial charge in [0.2, 0.25) is 5.88 Å². The normalized spacial score (nSPS) is 16.2. The first-order valence-electron chi connectivity index (χ1n) is 26.9. The molecular weight excluding hydrogens is 900 g/mol. The van der Waals surface area contributed by atoms with Gasteiger partial charge < -0.3 is 13.6 Å². The first-order chi connectivity index (χ1) is 36.2. The number of rotatable bonds is 7. The minimum Gasteiger partial charge on any atom is -0.454 e. The smallest absolute Gasteiger partial charge is 0.337 e. The lowest BCUT2D eigenvalue weighted by Crippen LogP contribution is -2.63. The predicted molar refractivity (Wildman–Crippen MR) is 308 cm³/mol. The van der Waals surface area contributed by atoms with E-state index in [9.17, 15) is 0 Å². The van der Waals surface area contributed by atoms with Crippen LogP contribution in [0.1, 0.15) is 99.2 Å². The third kappa shape index (κ3) is 5.87. The number of hydrogen-bond acceptors (Lipinski definition) is 4. The van der Waals surface area contributed by atoms with Crippen molar-refractivity contribution in [3.05, 3.63) is 233 Å². The van der Waals surface area contributed by atoms with Gasteiger partial charge in [-0.2, -0.15) is 0 Å². The van der Waals surface area contributed by atoms with Crippen LogP contribution in [-0.4, -0.2) is 6.85 Å². The molecule has 5 heteroatoms. The Bertz CT molecular complexity index is 4050. The van der Waals surface area contributed by atoms with E-state index in [-0.39, 0.29) is 17.7 Å². The van der Waals surface area contributed by atoms with Gasteiger partial charge >= 0.3 is 6.85 Å². The number of hydrogen-bond donors (Lipinski definition) is 0. The van der Waals surface area contributed by atoms with E-state index in [1.54, 1.807) is 0 Å². The van der Waals surface area contributed by atoms with E-state index in [2.05, 4.69) is 238 Å². The van der Waals surface area contributed by atoms with Crippen LogP contribution in [0.2, 0.25) is 0 Å². The molecule has 0 radical (unpaired) electrons. The highest BCUT2D eigenvalue weighted by molar-refractivity contribution is 6.95. The summed E-state index contributed by atoms with van der Waals surface area (Å²) in [6, 6.07) is 73.0. The Morgan fingerprint density at radius 2 is 1.15 bits per heavy atom. The fourth-order valence-electron chi connectivity index (χ4n) is 14.1. The van der Waals surface area contributed by atoms with Gasteiger partial charge in [0.15, 0.2) is 5.58 Å². The molecule has 1 aliphatic carbocycles. The van der Waals surface area contributed by atoms with E-state index in [0.717, 1.165) is 76.9 Å². The zero-order valence-corrected chi connectivity index (χ0v) is 42.8. The Morgan fingerprint density at radius 1 is 0.486 bits per heavy atom. The number of benzene rings is 9. The molecule has 4 nitrogen and oxygen atoms in total. The maximum atomic E-state index is 7.80. The van der Waals surface area contributed by atoms with E-state index in [1.807, 2.05) is 0 Å². The van der Waals surface area contributed by atoms with Crippen molar-refractivity contribution in [1.29, 1.82) is 0 Å². The topological polar surface area (TPSA) is 32.8 Å². The summed E-state index contributed by atoms with van der Waals surface area (Å²) in [6.45, 7) is 11.7. The SMILES string of the molecule is CCCCc1ccc(N2c3oc4cc5c(cc4c3B3c4c(cc6c(oc7ccccc76)c42)-c2cccc4c2N3c2ccccc2C4(c2ccccc2)c2ccccc2)C(C)(C)CCC5(C)C)c(-c2ccccc2)c1. The molecule has 358 valence electrons. The summed E-state index contributed by atoms with van der Waals surface area (Å²) < 4.78 is 15.1. The van der Waals surface area contributed by atoms with Crippen LogP contribution in [-0.2, 0) is 22.7 Å². The summed E-state index contributed by atoms with van der Waals surface area (Å²) in [6.07, 6.45) is 5.52. The van der Waals surface area contributed by atoms with Gasteiger partial charge in [0, 0.05) is 44.1 Å². The highest BCUT2D eigenvalue weighted by Crippen LogP contribution is 2.62. The van der Waals surface area contributed by atoms with Gasteiger partial charge in [0.05, 0.1) is 16.8 Å². The second-order valence-corrected chi connectivity index (χ2v) is 22.8. The van der Waals surface area contributed by atoms with Crippen LogP contribution in [0.4, 0.5) is 28.6 Å². The van der Waals surface area contributed by atoms with Crippen molar-refractivity contribution in [3.63, 3.8) is 0 Å². The summed E-state index contributed by atoms with van der Waals surface area (Å²) >= 11 is 0. The van der Waals surface area contributed by atoms with Crippen LogP contribution in [0.5, 0.6) is 0 Å². The molecule has 5 heterocycles. The summed E-state index contributed by atoms with van der Waals surface area (Å²) in [4.78, 5) is 5.20. The Balaban J connectivity index is 1.15. The number of furan rings is 2. The summed E-state index contributed by atoms with van der Waals surface area (Å²) in [7, 11) is 0. The van der Waals surface area contributed by atoms with Crippen LogP contribution in [0.25, 0.3) is 55.2 Å². The lowest BCUT2D eigenvalue weighted by atomic mass is 9.42. The minimum absolute atomic E-state index is 0.0138. The van der Waals surface area contributed by atoms with Gasteiger partial charge in [-0.15, -0.1) is 0 Å². The predicted octanol–water partition coefficient (Wildman–Crippen LogP) is 17.1. The van der Waals surface area contributed by atoms with Crippen LogP contribution < -0.4 is 20.6 Å². The second-order valence-electron chi connectivity index (χ2n) is 22.8. The van der Waals surface area contributed by atoms with E-state index < -0.39 is 5.41 Å². The summed E-state index contributed by atoms with van der Waals surface area (Å²) in [5.41, 5.74) is 22.8. The Hall–Kier alpha value is -8.02. The number of nitrogens with zero attached hydrogens (tertiary/aromatic N) is 2. The van der Waals surface area contributed by atoms with Crippen molar-refractivity contribution in [2.75, 3.05) is 9.71 Å². The molecule has 0 N–H and O–H groups in total. The largest absolute Gasteiger partial charge is 0.454 e. The standard InChI is InChI=1S/C69H57BN2O2/c1-6-7-22-43-35-36-57(49(39-43)44-23-11-8-12-24-44)71-64-61-50(40-51-47-29-17-20-34-59(47)73-65(51)64)48-30-21-32-54-63(48)72(58-33-19-18-31-53(58)69(54,45-25-13-9-14-26-45)46-27-15-10-16-28-46)70(61)62-52-41-55-56(42-60(52)74-66(62)71)68(4,5)38-37-67(55,2)3/h8-21,23-36,39-42H,6-7,22,37-38H2,1-5H3. The van der Waals surface area contributed by atoms with Gasteiger partial charge in [0.1, 0.15) is 11.2 Å². The van der Waals surface area contributed by atoms with E-state index in [0.29, 0.717) is 0 Å². The first kappa shape index (κ1) is 43.6. The molecule has 4 aliphatic rings. The molecule has 0 amide bonds. The molecule has 0 saturated carbocycles. The molecule has 0 saturated heterocycles. The molecule has 15 rings (SSSR count). The molecule has 9 aromatic carbocycles. The number of aryl methyl sites for hydroxylation is 1. The van der Waals surface area contributed by atoms with Gasteiger partial charge in [0.25, 0.3) is 0 Å². The van der Waals surface area contributed by atoms with Crippen molar-refractivity contribution >= 4 is 79.3 Å². The van der Waals surface area contributed by atoms with Crippen molar-refractivity contribution in [2.45, 2.75) is 83.0 Å². The zero-order valence-electron chi connectivity index (χ0n) is 42.8. The third-order valence-corrected chi connectivity index (χ3v) is 17.8. The van der Waals surface area contributed by atoms with Gasteiger partial charge in [-0.3, -0.25) is 4.90 Å². The quantitative estimate of drug-likeness (QED) is 0.149. The monoisotopic (exact) mass is 956 g/mol. The maximum Gasteiger partial charge on any atom is 0.337 e. The van der Waals surface area contributed by atoms with Gasteiger partial charge in [-0.05, 0) is 135 Å². The Morgan fingerprint density at radius 3 is 1.89 bits per heavy atom. The van der Waals surface area contributed by atoms with Crippen LogP contribution in [0, 0.1) is 0 Å². The van der Waals surface area contributed by atoms with E-state index >= 15 is 0 Å². The van der Waals surface area contributed by atoms with Crippen molar-refractivity contribution in [1.82, 2.24) is 0 Å². The Labute approximate surface area is 434 Å². The number of anilines is 5. The molecule has 3 aliphatic heterocycles. The molecule has 0 atom stereocenters. The van der Waals surface area contributed by atoms with Crippen molar-refractivity contribution in [3.8, 4) is 22.3 Å². The van der Waals surface area contributed by atoms with Crippen LogP contribution in [0.15, 0.2) is 203 Å². The number of fused-ring (bicyclic) bond motifs is 13. The maximum absolute atomic E-state index is 7.80. The highest BCUT2D eigenvalue weighted by atomic mass is 16.4. The van der Waals surface area contributed by atoms with E-state index in [4.69, 9.17) is 8.83 Å². The molecule has 0 bridgehead atoms. The fraction of sp³-hybridized carbons (Fsp3) is 0.188. The molecule has 0 fully saturated rings. The van der Waals surface area contributed by atoms with Gasteiger partial charge in [-0.25, -0.2) is 0 Å². The lowest BCUT2D eigenvalue weighted by molar-refractivity contribution is 0.332. The molecule has 0 spiro atoms. The molecular formula is C69H57BN2O2. The lowest BCUT2D eigenvalue weighted by Gasteiger charge is -2.52. The number of unbranched alkanes of at least 4 members (excludes halogenated alkanes) is 1. The average Bonchev–Trinajstić information content (AvgIpc) is 4.12. The summed E-state index contributed by atoms with van der Waals surface area (Å²) in [5.74, 6) is 0.842. The fourth-order valence-corrected chi connectivity index (χ4v) is 14.1. The molecule has 11 aromatic rings. The van der Waals surface area contributed by atoms with Crippen molar-refractivity contribution < 1.29 is 8.83 Å². The van der Waals surface area contributed by atoms with Gasteiger partial charge in [-0.1, -0.05) is 193 Å². The average molecular weight is 957 g/mol. The van der Waals surface area contributed by atoms with Crippen molar-refractivity contribution in [2.24, 2.45) is 0 Å². The minimum atomic E-state index is -0.630. The molecule has 0 unspecified atom stereocenters. The molecule has 74 heavy (non-hydrogen) atoms. The third-order valence-electron chi connectivity index (χ3n) is 17.8. The second kappa shape index (κ2) is 15.7. The summed E-state index contributed by atoms with van der Waals surface area (Å²) in [5, 5.41) is 3.37. The highest BCUT2D eigenvalue weighted by Gasteiger charge is 2.56. The van der Waals surface area contributed by atoms with Crippen LogP contribution >= 0.6 is 0 Å². The zero-order chi connectivity index (χ0) is 49.7. The molecule has 2 aromatic heterocycles. The van der Waals surface area contributed by atoms with E-state index in [1.165, 1.54) is 88.9 Å². The Kier molecular flexibility index (Phi) is 9.27. The number of para-hydroxylation sites is 3.